The highest BCUT2D eigenvalue weighted by Crippen LogP contribution is 2.29. The molecule has 0 bridgehead atoms. The van der Waals surface area contributed by atoms with E-state index in [-0.39, 0.29) is 0 Å². The van der Waals surface area contributed by atoms with Gasteiger partial charge in [0.25, 0.3) is 0 Å². The number of hydrogen-bond acceptors (Lipinski definition) is 5. The maximum atomic E-state index is 4.56. The molecule has 0 amide bonds. The number of fused-ring (bicyclic) bond motifs is 2. The topological polar surface area (TPSA) is 72.9 Å². The first kappa shape index (κ1) is 13.5. The molecule has 1 aromatic carbocycles. The molecule has 1 fully saturated rings. The molecule has 1 aliphatic rings. The van der Waals surface area contributed by atoms with Crippen LogP contribution in [0.25, 0.3) is 27.7 Å². The van der Waals surface area contributed by atoms with Crippen LogP contribution < -0.4 is 5.32 Å². The van der Waals surface area contributed by atoms with Gasteiger partial charge in [0.05, 0.1) is 17.2 Å². The molecule has 120 valence electrons. The summed E-state index contributed by atoms with van der Waals surface area (Å²) < 4.78 is 3.66. The lowest BCUT2D eigenvalue weighted by atomic mass is 10.1. The van der Waals surface area contributed by atoms with Crippen molar-refractivity contribution in [3.8, 4) is 11.1 Å². The molecule has 0 atom stereocenters. The smallest absolute Gasteiger partial charge is 0.241 e. The summed E-state index contributed by atoms with van der Waals surface area (Å²) in [6.45, 7) is 0.962. The molecule has 7 nitrogen and oxygen atoms in total. The highest BCUT2D eigenvalue weighted by Gasteiger charge is 2.21. The van der Waals surface area contributed by atoms with Gasteiger partial charge in [-0.1, -0.05) is 11.3 Å². The van der Waals surface area contributed by atoms with Gasteiger partial charge in [0.15, 0.2) is 0 Å². The quantitative estimate of drug-likeness (QED) is 0.625. The molecular weight excluding hydrogens is 302 g/mol. The summed E-state index contributed by atoms with van der Waals surface area (Å²) in [6.07, 6.45) is 6.48. The third-order valence-corrected chi connectivity index (χ3v) is 4.58. The number of aromatic nitrogens is 6. The third kappa shape index (κ3) is 2.20. The van der Waals surface area contributed by atoms with Gasteiger partial charge in [-0.05, 0) is 42.5 Å². The Hall–Kier alpha value is -2.96. The van der Waals surface area contributed by atoms with E-state index < -0.39 is 0 Å². The lowest BCUT2D eigenvalue weighted by Crippen LogP contribution is -2.08. The van der Waals surface area contributed by atoms with E-state index in [0.717, 1.165) is 40.1 Å². The minimum absolute atomic E-state index is 0.683. The van der Waals surface area contributed by atoms with Gasteiger partial charge in [-0.2, -0.15) is 0 Å². The Kier molecular flexibility index (Phi) is 2.82. The molecule has 1 saturated carbocycles. The number of anilines is 1. The second kappa shape index (κ2) is 5.02. The van der Waals surface area contributed by atoms with Crippen LogP contribution in [0.5, 0.6) is 0 Å². The van der Waals surface area contributed by atoms with Crippen molar-refractivity contribution in [1.29, 1.82) is 0 Å². The SMILES string of the molecule is Cn1nnc2ccc(-c3ccn4nc(NCC5CC5)ncc34)cc21. The zero-order chi connectivity index (χ0) is 16.1. The molecule has 0 unspecified atom stereocenters. The van der Waals surface area contributed by atoms with Crippen LogP contribution >= 0.6 is 0 Å². The molecular formula is C17H17N7. The molecule has 0 aliphatic heterocycles. The molecule has 0 spiro atoms. The van der Waals surface area contributed by atoms with E-state index in [1.165, 1.54) is 12.8 Å². The average molecular weight is 319 g/mol. The normalized spacial score (nSPS) is 14.5. The molecule has 1 aliphatic carbocycles. The highest BCUT2D eigenvalue weighted by molar-refractivity contribution is 5.87. The van der Waals surface area contributed by atoms with Crippen LogP contribution in [0.4, 0.5) is 5.95 Å². The Labute approximate surface area is 138 Å². The molecule has 4 aromatic rings. The zero-order valence-electron chi connectivity index (χ0n) is 13.3. The van der Waals surface area contributed by atoms with Gasteiger partial charge < -0.3 is 5.32 Å². The van der Waals surface area contributed by atoms with Crippen molar-refractivity contribution in [3.63, 3.8) is 0 Å². The molecule has 24 heavy (non-hydrogen) atoms. The maximum Gasteiger partial charge on any atom is 0.241 e. The summed E-state index contributed by atoms with van der Waals surface area (Å²) in [5.74, 6) is 1.48. The first-order valence-electron chi connectivity index (χ1n) is 8.16. The fraction of sp³-hybridized carbons (Fsp3) is 0.294. The van der Waals surface area contributed by atoms with Gasteiger partial charge in [-0.3, -0.25) is 0 Å². The second-order valence-corrected chi connectivity index (χ2v) is 6.38. The summed E-state index contributed by atoms with van der Waals surface area (Å²) in [4.78, 5) is 4.46. The molecule has 5 rings (SSSR count). The van der Waals surface area contributed by atoms with Crippen LogP contribution in [0.3, 0.4) is 0 Å². The third-order valence-electron chi connectivity index (χ3n) is 4.58. The number of hydrogen-bond donors (Lipinski definition) is 1. The van der Waals surface area contributed by atoms with E-state index in [0.29, 0.717) is 5.95 Å². The molecule has 0 radical (unpaired) electrons. The van der Waals surface area contributed by atoms with Crippen molar-refractivity contribution >= 4 is 22.5 Å². The van der Waals surface area contributed by atoms with Crippen LogP contribution in [0, 0.1) is 5.92 Å². The molecule has 7 heteroatoms. The maximum absolute atomic E-state index is 4.56. The first-order valence-corrected chi connectivity index (χ1v) is 8.16. The van der Waals surface area contributed by atoms with Crippen LogP contribution in [-0.2, 0) is 7.05 Å². The van der Waals surface area contributed by atoms with E-state index in [4.69, 9.17) is 0 Å². The van der Waals surface area contributed by atoms with E-state index in [9.17, 15) is 0 Å². The predicted molar refractivity (Wildman–Crippen MR) is 91.7 cm³/mol. The highest BCUT2D eigenvalue weighted by atomic mass is 15.4. The van der Waals surface area contributed by atoms with Gasteiger partial charge in [0.1, 0.15) is 5.52 Å². The second-order valence-electron chi connectivity index (χ2n) is 6.38. The number of rotatable bonds is 4. The number of nitrogens with one attached hydrogen (secondary N) is 1. The average Bonchev–Trinajstić information content (AvgIpc) is 3.24. The van der Waals surface area contributed by atoms with Crippen molar-refractivity contribution in [2.45, 2.75) is 12.8 Å². The first-order chi connectivity index (χ1) is 11.8. The van der Waals surface area contributed by atoms with E-state index in [1.807, 2.05) is 30.0 Å². The lowest BCUT2D eigenvalue weighted by molar-refractivity contribution is 0.736. The summed E-state index contributed by atoms with van der Waals surface area (Å²) in [5, 5.41) is 16.1. The minimum atomic E-state index is 0.683. The van der Waals surface area contributed by atoms with Crippen LogP contribution in [0.2, 0.25) is 0 Å². The Morgan fingerprint density at radius 2 is 2.12 bits per heavy atom. The summed E-state index contributed by atoms with van der Waals surface area (Å²) in [6, 6.07) is 8.22. The Morgan fingerprint density at radius 3 is 3.00 bits per heavy atom. The van der Waals surface area contributed by atoms with Crippen LogP contribution in [-0.4, -0.2) is 36.1 Å². The number of nitrogens with zero attached hydrogens (tertiary/aromatic N) is 6. The molecule has 3 heterocycles. The standard InChI is InChI=1S/C17H17N7/c1-23-15-8-12(4-5-14(15)20-22-23)13-6-7-24-16(13)10-19-17(21-24)18-9-11-2-3-11/h4-8,10-11H,2-3,9H2,1H3,(H,18,21). The molecule has 0 saturated heterocycles. The van der Waals surface area contributed by atoms with Crippen LogP contribution in [0.15, 0.2) is 36.7 Å². The summed E-state index contributed by atoms with van der Waals surface area (Å²) in [7, 11) is 1.90. The summed E-state index contributed by atoms with van der Waals surface area (Å²) in [5.41, 5.74) is 5.11. The van der Waals surface area contributed by atoms with E-state index in [1.54, 1.807) is 4.68 Å². The number of benzene rings is 1. The van der Waals surface area contributed by atoms with Crippen molar-refractivity contribution in [2.24, 2.45) is 13.0 Å². The Balaban J connectivity index is 1.54. The zero-order valence-corrected chi connectivity index (χ0v) is 13.3. The van der Waals surface area contributed by atoms with Crippen molar-refractivity contribution in [1.82, 2.24) is 29.6 Å². The Morgan fingerprint density at radius 1 is 1.21 bits per heavy atom. The predicted octanol–water partition coefficient (Wildman–Crippen LogP) is 2.50. The van der Waals surface area contributed by atoms with Crippen molar-refractivity contribution in [2.75, 3.05) is 11.9 Å². The largest absolute Gasteiger partial charge is 0.353 e. The molecule has 1 N–H and O–H groups in total. The minimum Gasteiger partial charge on any atom is -0.353 e. The van der Waals surface area contributed by atoms with Gasteiger partial charge in [0, 0.05) is 25.4 Å². The van der Waals surface area contributed by atoms with Gasteiger partial charge in [-0.15, -0.1) is 10.2 Å². The van der Waals surface area contributed by atoms with E-state index >= 15 is 0 Å². The van der Waals surface area contributed by atoms with Gasteiger partial charge >= 0.3 is 0 Å². The number of aryl methyl sites for hydroxylation is 1. The monoisotopic (exact) mass is 319 g/mol. The molecule has 3 aromatic heterocycles. The Bertz CT molecular complexity index is 1040. The van der Waals surface area contributed by atoms with Gasteiger partial charge in [0.2, 0.25) is 5.95 Å². The summed E-state index contributed by atoms with van der Waals surface area (Å²) >= 11 is 0. The fourth-order valence-electron chi connectivity index (χ4n) is 2.98. The van der Waals surface area contributed by atoms with Crippen LogP contribution in [0.1, 0.15) is 12.8 Å². The fourth-order valence-corrected chi connectivity index (χ4v) is 2.98. The van der Waals surface area contributed by atoms with Gasteiger partial charge in [-0.25, -0.2) is 14.2 Å². The van der Waals surface area contributed by atoms with E-state index in [2.05, 4.69) is 43.9 Å². The van der Waals surface area contributed by atoms with Crippen molar-refractivity contribution < 1.29 is 0 Å². The van der Waals surface area contributed by atoms with Crippen molar-refractivity contribution in [3.05, 3.63) is 36.7 Å². The lowest BCUT2D eigenvalue weighted by Gasteiger charge is -2.05.